The van der Waals surface area contributed by atoms with E-state index in [9.17, 15) is 4.79 Å². The van der Waals surface area contributed by atoms with Gasteiger partial charge in [-0.25, -0.2) is 0 Å². The molecule has 2 aromatic rings. The largest absolute Gasteiger partial charge is 0.468 e. The molecule has 0 aliphatic carbocycles. The van der Waals surface area contributed by atoms with Crippen LogP contribution in [0.1, 0.15) is 30.7 Å². The van der Waals surface area contributed by atoms with E-state index in [1.807, 2.05) is 56.4 Å². The number of carbonyl (C=O) groups excluding carboxylic acids is 1. The van der Waals surface area contributed by atoms with Crippen LogP contribution in [0, 0.1) is 0 Å². The molecule has 1 heterocycles. The molecule has 0 aliphatic rings. The number of furan rings is 1. The molecule has 1 aromatic heterocycles. The Balaban J connectivity index is 1.72. The lowest BCUT2D eigenvalue weighted by Crippen LogP contribution is -2.30. The molecule has 4 heteroatoms. The number of rotatable bonds is 7. The van der Waals surface area contributed by atoms with Crippen LogP contribution in [-0.4, -0.2) is 24.4 Å². The summed E-state index contributed by atoms with van der Waals surface area (Å²) in [5, 5.41) is 3.02. The van der Waals surface area contributed by atoms with Gasteiger partial charge in [-0.15, -0.1) is 0 Å². The van der Waals surface area contributed by atoms with Crippen molar-refractivity contribution in [3.63, 3.8) is 0 Å². The number of carbonyl (C=O) groups is 1. The van der Waals surface area contributed by atoms with E-state index in [2.05, 4.69) is 10.2 Å². The summed E-state index contributed by atoms with van der Waals surface area (Å²) in [7, 11) is 1.98. The summed E-state index contributed by atoms with van der Waals surface area (Å²) < 4.78 is 5.29. The van der Waals surface area contributed by atoms with Crippen molar-refractivity contribution in [3.05, 3.63) is 60.1 Å². The lowest BCUT2D eigenvalue weighted by atomic mass is 10.1. The molecule has 1 N–H and O–H groups in total. The van der Waals surface area contributed by atoms with Crippen LogP contribution in [-0.2, 0) is 11.3 Å². The molecule has 0 fully saturated rings. The lowest BCUT2D eigenvalue weighted by molar-refractivity contribution is -0.122. The molecular formula is C17H22N2O2. The highest BCUT2D eigenvalue weighted by molar-refractivity contribution is 5.76. The van der Waals surface area contributed by atoms with Gasteiger partial charge in [0.2, 0.25) is 5.91 Å². The Kier molecular flexibility index (Phi) is 5.58. The Morgan fingerprint density at radius 1 is 1.24 bits per heavy atom. The summed E-state index contributed by atoms with van der Waals surface area (Å²) in [4.78, 5) is 14.0. The zero-order valence-corrected chi connectivity index (χ0v) is 12.6. The van der Waals surface area contributed by atoms with Gasteiger partial charge >= 0.3 is 0 Å². The first-order valence-corrected chi connectivity index (χ1v) is 7.20. The van der Waals surface area contributed by atoms with Crippen LogP contribution in [0.5, 0.6) is 0 Å². The fourth-order valence-corrected chi connectivity index (χ4v) is 2.18. The Morgan fingerprint density at radius 2 is 2.00 bits per heavy atom. The average molecular weight is 286 g/mol. The summed E-state index contributed by atoms with van der Waals surface area (Å²) in [6.45, 7) is 3.42. The van der Waals surface area contributed by atoms with Gasteiger partial charge < -0.3 is 9.73 Å². The molecule has 1 atom stereocenters. The third-order valence-electron chi connectivity index (χ3n) is 3.40. The third-order valence-corrected chi connectivity index (χ3v) is 3.40. The van der Waals surface area contributed by atoms with Crippen LogP contribution < -0.4 is 5.32 Å². The topological polar surface area (TPSA) is 45.5 Å². The second kappa shape index (κ2) is 7.64. The number of nitrogens with zero attached hydrogens (tertiary/aromatic N) is 1. The van der Waals surface area contributed by atoms with Gasteiger partial charge in [-0.05, 0) is 31.7 Å². The Morgan fingerprint density at radius 3 is 2.67 bits per heavy atom. The van der Waals surface area contributed by atoms with Crippen molar-refractivity contribution in [2.24, 2.45) is 0 Å². The second-order valence-electron chi connectivity index (χ2n) is 5.27. The molecule has 0 bridgehead atoms. The summed E-state index contributed by atoms with van der Waals surface area (Å²) in [6, 6.07) is 13.8. The number of hydrogen-bond donors (Lipinski definition) is 1. The molecule has 0 radical (unpaired) electrons. The minimum atomic E-state index is 0.0362. The first-order chi connectivity index (χ1) is 10.1. The molecule has 0 unspecified atom stereocenters. The lowest BCUT2D eigenvalue weighted by Gasteiger charge is -2.17. The second-order valence-corrected chi connectivity index (χ2v) is 5.27. The van der Waals surface area contributed by atoms with Crippen molar-refractivity contribution in [2.75, 3.05) is 13.6 Å². The number of benzene rings is 1. The van der Waals surface area contributed by atoms with Gasteiger partial charge in [0.05, 0.1) is 18.8 Å². The first-order valence-electron chi connectivity index (χ1n) is 7.20. The monoisotopic (exact) mass is 286 g/mol. The van der Waals surface area contributed by atoms with Crippen LogP contribution in [0.3, 0.4) is 0 Å². The fourth-order valence-electron chi connectivity index (χ4n) is 2.18. The predicted molar refractivity (Wildman–Crippen MR) is 82.7 cm³/mol. The molecule has 0 saturated heterocycles. The van der Waals surface area contributed by atoms with Crippen molar-refractivity contribution >= 4 is 5.91 Å². The molecule has 21 heavy (non-hydrogen) atoms. The fraction of sp³-hybridized carbons (Fsp3) is 0.353. The predicted octanol–water partition coefficient (Wildman–Crippen LogP) is 2.98. The van der Waals surface area contributed by atoms with Gasteiger partial charge in [0.1, 0.15) is 5.76 Å². The zero-order chi connectivity index (χ0) is 15.1. The summed E-state index contributed by atoms with van der Waals surface area (Å²) in [6.07, 6.45) is 2.14. The summed E-state index contributed by atoms with van der Waals surface area (Å²) in [5.74, 6) is 0.980. The minimum Gasteiger partial charge on any atom is -0.468 e. The minimum absolute atomic E-state index is 0.0362. The van der Waals surface area contributed by atoms with E-state index in [0.29, 0.717) is 19.5 Å². The SMILES string of the molecule is C[C@@H](NC(=O)CCN(C)Cc1ccco1)c1ccccc1. The maximum Gasteiger partial charge on any atom is 0.221 e. The van der Waals surface area contributed by atoms with Gasteiger partial charge in [0.25, 0.3) is 0 Å². The highest BCUT2D eigenvalue weighted by Gasteiger charge is 2.10. The Bertz CT molecular complexity index is 537. The number of amides is 1. The Hall–Kier alpha value is -2.07. The highest BCUT2D eigenvalue weighted by atomic mass is 16.3. The van der Waals surface area contributed by atoms with E-state index >= 15 is 0 Å². The molecule has 1 aromatic carbocycles. The first kappa shape index (κ1) is 15.3. The normalized spacial score (nSPS) is 12.3. The quantitative estimate of drug-likeness (QED) is 0.851. The molecular weight excluding hydrogens is 264 g/mol. The maximum absolute atomic E-state index is 12.0. The van der Waals surface area contributed by atoms with E-state index < -0.39 is 0 Å². The van der Waals surface area contributed by atoms with Crippen molar-refractivity contribution in [2.45, 2.75) is 25.9 Å². The zero-order valence-electron chi connectivity index (χ0n) is 12.6. The summed E-state index contributed by atoms with van der Waals surface area (Å²) in [5.41, 5.74) is 1.12. The van der Waals surface area contributed by atoms with Crippen LogP contribution >= 0.6 is 0 Å². The molecule has 2 rings (SSSR count). The van der Waals surface area contributed by atoms with Crippen molar-refractivity contribution in [1.82, 2.24) is 10.2 Å². The van der Waals surface area contributed by atoms with Gasteiger partial charge in [-0.1, -0.05) is 30.3 Å². The molecule has 1 amide bonds. The van der Waals surface area contributed by atoms with E-state index in [1.165, 1.54) is 0 Å². The van der Waals surface area contributed by atoms with Gasteiger partial charge in [0.15, 0.2) is 0 Å². The highest BCUT2D eigenvalue weighted by Crippen LogP contribution is 2.11. The van der Waals surface area contributed by atoms with Crippen molar-refractivity contribution in [1.29, 1.82) is 0 Å². The standard InChI is InChI=1S/C17H22N2O2/c1-14(15-7-4-3-5-8-15)18-17(20)10-11-19(2)13-16-9-6-12-21-16/h3-9,12,14H,10-11,13H2,1-2H3,(H,18,20)/t14-/m1/s1. The average Bonchev–Trinajstić information content (AvgIpc) is 2.99. The van der Waals surface area contributed by atoms with Crippen molar-refractivity contribution < 1.29 is 9.21 Å². The molecule has 0 saturated carbocycles. The number of nitrogens with one attached hydrogen (secondary N) is 1. The van der Waals surface area contributed by atoms with Crippen LogP contribution in [0.2, 0.25) is 0 Å². The van der Waals surface area contributed by atoms with Gasteiger partial charge in [0, 0.05) is 13.0 Å². The van der Waals surface area contributed by atoms with E-state index in [1.54, 1.807) is 6.26 Å². The van der Waals surface area contributed by atoms with E-state index in [0.717, 1.165) is 11.3 Å². The van der Waals surface area contributed by atoms with Crippen LogP contribution in [0.25, 0.3) is 0 Å². The number of hydrogen-bond acceptors (Lipinski definition) is 3. The smallest absolute Gasteiger partial charge is 0.221 e. The maximum atomic E-state index is 12.0. The van der Waals surface area contributed by atoms with Gasteiger partial charge in [-0.3, -0.25) is 9.69 Å². The van der Waals surface area contributed by atoms with Crippen LogP contribution in [0.15, 0.2) is 53.1 Å². The summed E-state index contributed by atoms with van der Waals surface area (Å²) >= 11 is 0. The molecule has 0 spiro atoms. The molecule has 0 aliphatic heterocycles. The van der Waals surface area contributed by atoms with E-state index in [4.69, 9.17) is 4.42 Å². The third kappa shape index (κ3) is 5.08. The molecule has 4 nitrogen and oxygen atoms in total. The van der Waals surface area contributed by atoms with E-state index in [-0.39, 0.29) is 11.9 Å². The van der Waals surface area contributed by atoms with Crippen molar-refractivity contribution in [3.8, 4) is 0 Å². The molecule has 112 valence electrons. The Labute approximate surface area is 125 Å². The van der Waals surface area contributed by atoms with Gasteiger partial charge in [-0.2, -0.15) is 0 Å². The van der Waals surface area contributed by atoms with Crippen LogP contribution in [0.4, 0.5) is 0 Å².